The molecule has 0 bridgehead atoms. The molecule has 0 spiro atoms. The summed E-state index contributed by atoms with van der Waals surface area (Å²) in [4.78, 5) is 64.9. The summed E-state index contributed by atoms with van der Waals surface area (Å²) < 4.78 is 0. The molecule has 0 aliphatic rings. The maximum Gasteiger partial charge on any atom is 0.326 e. The predicted molar refractivity (Wildman–Crippen MR) is 132 cm³/mol. The van der Waals surface area contributed by atoms with E-state index in [2.05, 4.69) is 20.9 Å². The third-order valence-electron chi connectivity index (χ3n) is 5.88. The third-order valence-corrected chi connectivity index (χ3v) is 5.88. The molecule has 6 unspecified atom stereocenters. The van der Waals surface area contributed by atoms with Crippen molar-refractivity contribution in [3.8, 4) is 0 Å². The number of nitrogens with zero attached hydrogens (tertiary/aromatic N) is 1. The Bertz CT molecular complexity index is 802. The van der Waals surface area contributed by atoms with Gasteiger partial charge in [0.25, 0.3) is 0 Å². The lowest BCUT2D eigenvalue weighted by molar-refractivity contribution is -0.144. The van der Waals surface area contributed by atoms with Gasteiger partial charge in [-0.15, -0.1) is 0 Å². The molecule has 0 rings (SSSR count). The topological polar surface area (TPSA) is 252 Å². The summed E-state index contributed by atoms with van der Waals surface area (Å²) in [7, 11) is 0. The maximum atomic E-state index is 13.1. The first-order valence-corrected chi connectivity index (χ1v) is 11.9. The zero-order valence-electron chi connectivity index (χ0n) is 21.3. The molecule has 206 valence electrons. The van der Waals surface area contributed by atoms with E-state index in [4.69, 9.17) is 22.3 Å². The lowest BCUT2D eigenvalue weighted by Crippen LogP contribution is -2.59. The molecule has 14 heteroatoms. The van der Waals surface area contributed by atoms with Crippen LogP contribution in [0.1, 0.15) is 59.8 Å². The Morgan fingerprint density at radius 1 is 0.833 bits per heavy atom. The Morgan fingerprint density at radius 2 is 1.36 bits per heavy atom. The second-order valence-corrected chi connectivity index (χ2v) is 8.80. The van der Waals surface area contributed by atoms with Gasteiger partial charge in [-0.2, -0.15) is 0 Å². The van der Waals surface area contributed by atoms with E-state index in [1.807, 2.05) is 0 Å². The highest BCUT2D eigenvalue weighted by Gasteiger charge is 2.34. The van der Waals surface area contributed by atoms with Gasteiger partial charge in [0.05, 0.1) is 12.5 Å². The molecule has 3 amide bonds. The van der Waals surface area contributed by atoms with Gasteiger partial charge in [-0.3, -0.25) is 24.2 Å². The summed E-state index contributed by atoms with van der Waals surface area (Å²) in [6, 6.07) is -4.79. The number of guanidine groups is 1. The Hall–Kier alpha value is -3.42. The highest BCUT2D eigenvalue weighted by Crippen LogP contribution is 2.13. The Labute approximate surface area is 210 Å². The van der Waals surface area contributed by atoms with Gasteiger partial charge in [-0.25, -0.2) is 4.79 Å². The molecule has 0 saturated heterocycles. The van der Waals surface area contributed by atoms with E-state index in [0.717, 1.165) is 0 Å². The molecule has 6 atom stereocenters. The number of nitrogens with one attached hydrogen (secondary N) is 3. The normalized spacial score (nSPS) is 15.8. The molecule has 0 aromatic carbocycles. The first-order chi connectivity index (χ1) is 16.7. The number of hydrogen-bond donors (Lipinski definition) is 8. The van der Waals surface area contributed by atoms with Crippen molar-refractivity contribution in [2.75, 3.05) is 6.54 Å². The number of hydrogen-bond acceptors (Lipinski definition) is 7. The lowest BCUT2D eigenvalue weighted by Gasteiger charge is -2.29. The van der Waals surface area contributed by atoms with Gasteiger partial charge in [0.15, 0.2) is 5.96 Å². The quantitative estimate of drug-likeness (QED) is 0.0630. The molecule has 0 fully saturated rings. The van der Waals surface area contributed by atoms with E-state index in [9.17, 15) is 29.1 Å². The molecular weight excluding hydrogens is 474 g/mol. The van der Waals surface area contributed by atoms with Crippen LogP contribution in [0.5, 0.6) is 0 Å². The van der Waals surface area contributed by atoms with Crippen molar-refractivity contribution in [2.24, 2.45) is 34.0 Å². The summed E-state index contributed by atoms with van der Waals surface area (Å²) in [5.74, 6) is -5.58. The van der Waals surface area contributed by atoms with Gasteiger partial charge in [0.2, 0.25) is 17.7 Å². The number of carboxylic acids is 2. The van der Waals surface area contributed by atoms with Gasteiger partial charge < -0.3 is 43.4 Å². The Morgan fingerprint density at radius 3 is 1.83 bits per heavy atom. The summed E-state index contributed by atoms with van der Waals surface area (Å²) in [6.45, 7) is 7.18. The summed E-state index contributed by atoms with van der Waals surface area (Å²) in [6.07, 6.45) is 0.703. The average Bonchev–Trinajstić information content (AvgIpc) is 2.80. The third kappa shape index (κ3) is 11.8. The predicted octanol–water partition coefficient (Wildman–Crippen LogP) is -1.53. The second-order valence-electron chi connectivity index (χ2n) is 8.80. The fourth-order valence-electron chi connectivity index (χ4n) is 3.21. The summed E-state index contributed by atoms with van der Waals surface area (Å²) in [5.41, 5.74) is 16.2. The number of amides is 3. The Balaban J connectivity index is 5.72. The molecular formula is C22H41N7O7. The smallest absolute Gasteiger partial charge is 0.326 e. The van der Waals surface area contributed by atoms with E-state index in [1.54, 1.807) is 27.7 Å². The minimum Gasteiger partial charge on any atom is -0.481 e. The van der Waals surface area contributed by atoms with E-state index in [0.29, 0.717) is 12.8 Å². The van der Waals surface area contributed by atoms with Crippen LogP contribution in [0.2, 0.25) is 0 Å². The van der Waals surface area contributed by atoms with E-state index >= 15 is 0 Å². The van der Waals surface area contributed by atoms with Crippen LogP contribution in [0.3, 0.4) is 0 Å². The zero-order chi connectivity index (χ0) is 28.0. The largest absolute Gasteiger partial charge is 0.481 e. The molecule has 0 aliphatic carbocycles. The fourth-order valence-corrected chi connectivity index (χ4v) is 3.21. The minimum absolute atomic E-state index is 0.0631. The van der Waals surface area contributed by atoms with Crippen molar-refractivity contribution in [1.82, 2.24) is 16.0 Å². The van der Waals surface area contributed by atoms with Gasteiger partial charge in [-0.05, 0) is 24.7 Å². The summed E-state index contributed by atoms with van der Waals surface area (Å²) in [5, 5.41) is 25.9. The van der Waals surface area contributed by atoms with Crippen molar-refractivity contribution < 1.29 is 34.2 Å². The lowest BCUT2D eigenvalue weighted by atomic mass is 9.95. The van der Waals surface area contributed by atoms with Gasteiger partial charge in [0, 0.05) is 6.54 Å². The first kappa shape index (κ1) is 32.6. The van der Waals surface area contributed by atoms with Gasteiger partial charge in [-0.1, -0.05) is 40.5 Å². The number of aliphatic carboxylic acids is 2. The average molecular weight is 516 g/mol. The van der Waals surface area contributed by atoms with E-state index in [1.165, 1.54) is 0 Å². The highest BCUT2D eigenvalue weighted by molar-refractivity contribution is 5.94. The number of rotatable bonds is 17. The second kappa shape index (κ2) is 16.3. The van der Waals surface area contributed by atoms with Crippen LogP contribution in [0.15, 0.2) is 4.99 Å². The molecule has 0 aliphatic heterocycles. The van der Waals surface area contributed by atoms with Crippen LogP contribution in [-0.2, 0) is 24.0 Å². The molecule has 0 radical (unpaired) electrons. The van der Waals surface area contributed by atoms with Crippen LogP contribution in [0.25, 0.3) is 0 Å². The number of aliphatic imine (C=N–C) groups is 1. The number of carbonyl (C=O) groups is 5. The summed E-state index contributed by atoms with van der Waals surface area (Å²) >= 11 is 0. The standard InChI is InChI=1S/C22H41N7O7/c1-5-11(3)16(20(34)29-17(21(35)36)12(4)6-2)28-19(33)14(8-7-9-26-22(24)25)27-18(32)13(23)10-15(30)31/h11-14,16-17H,5-10,23H2,1-4H3,(H,27,32)(H,28,33)(H,29,34)(H,30,31)(H,35,36)(H4,24,25,26). The Kier molecular flexibility index (Phi) is 14.7. The molecule has 36 heavy (non-hydrogen) atoms. The fraction of sp³-hybridized carbons (Fsp3) is 0.727. The monoisotopic (exact) mass is 515 g/mol. The van der Waals surface area contributed by atoms with Crippen molar-refractivity contribution in [3.63, 3.8) is 0 Å². The molecule has 14 nitrogen and oxygen atoms in total. The van der Waals surface area contributed by atoms with Crippen LogP contribution in [-0.4, -0.2) is 76.5 Å². The van der Waals surface area contributed by atoms with E-state index < -0.39 is 60.2 Å². The molecule has 0 aromatic rings. The van der Waals surface area contributed by atoms with Crippen LogP contribution < -0.4 is 33.2 Å². The number of carbonyl (C=O) groups excluding carboxylic acids is 3. The van der Waals surface area contributed by atoms with Crippen molar-refractivity contribution in [2.45, 2.75) is 84.0 Å². The van der Waals surface area contributed by atoms with Crippen molar-refractivity contribution >= 4 is 35.6 Å². The maximum absolute atomic E-state index is 13.1. The van der Waals surface area contributed by atoms with Crippen LogP contribution in [0, 0.1) is 11.8 Å². The zero-order valence-corrected chi connectivity index (χ0v) is 21.3. The molecule has 0 heterocycles. The van der Waals surface area contributed by atoms with E-state index in [-0.39, 0.29) is 37.2 Å². The van der Waals surface area contributed by atoms with Crippen LogP contribution >= 0.6 is 0 Å². The van der Waals surface area contributed by atoms with Crippen molar-refractivity contribution in [1.29, 1.82) is 0 Å². The molecule has 0 aromatic heterocycles. The minimum atomic E-state index is -1.39. The SMILES string of the molecule is CCC(C)C(NC(=O)C(NC(=O)C(CCCN=C(N)N)NC(=O)C(N)CC(=O)O)C(C)CC)C(=O)O. The number of nitrogens with two attached hydrogens (primary N) is 3. The highest BCUT2D eigenvalue weighted by atomic mass is 16.4. The molecule has 11 N–H and O–H groups in total. The van der Waals surface area contributed by atoms with Crippen molar-refractivity contribution in [3.05, 3.63) is 0 Å². The molecule has 0 saturated carbocycles. The number of carboxylic acid groups (broad SMARTS) is 2. The van der Waals surface area contributed by atoms with Gasteiger partial charge >= 0.3 is 11.9 Å². The van der Waals surface area contributed by atoms with Crippen LogP contribution in [0.4, 0.5) is 0 Å². The first-order valence-electron chi connectivity index (χ1n) is 11.9. The van der Waals surface area contributed by atoms with Gasteiger partial charge in [0.1, 0.15) is 18.1 Å².